The summed E-state index contributed by atoms with van der Waals surface area (Å²) in [5.41, 5.74) is 2.15. The van der Waals surface area contributed by atoms with Crippen molar-refractivity contribution in [2.24, 2.45) is 0 Å². The largest absolute Gasteiger partial charge is 0.309 e. The molecule has 0 unspecified atom stereocenters. The molecule has 34 heavy (non-hydrogen) atoms. The molecule has 4 rings (SSSR count). The van der Waals surface area contributed by atoms with Crippen LogP contribution in [0.5, 0.6) is 0 Å². The van der Waals surface area contributed by atoms with Crippen LogP contribution < -0.4 is 10.6 Å². The molecule has 0 spiro atoms. The summed E-state index contributed by atoms with van der Waals surface area (Å²) < 4.78 is 15.1. The Labute approximate surface area is 211 Å². The Morgan fingerprint density at radius 1 is 0.765 bits per heavy atom. The van der Waals surface area contributed by atoms with Crippen molar-refractivity contribution in [3.05, 3.63) is 143 Å². The fraction of sp³-hybridized carbons (Fsp3) is 0.0667. The number of rotatable bonds is 8. The smallest absolute Gasteiger partial charge is 0.171 e. The molecule has 0 saturated heterocycles. The fourth-order valence-electron chi connectivity index (χ4n) is 3.93. The quantitative estimate of drug-likeness (QED) is 0.136. The van der Waals surface area contributed by atoms with Gasteiger partial charge in [0, 0.05) is 30.7 Å². The van der Waals surface area contributed by atoms with Crippen molar-refractivity contribution in [2.75, 3.05) is 0 Å². The Morgan fingerprint density at radius 2 is 1.24 bits per heavy atom. The third-order valence-corrected chi connectivity index (χ3v) is 10.3. The second-order valence-electron chi connectivity index (χ2n) is 7.81. The lowest BCUT2D eigenvalue weighted by Gasteiger charge is -2.26. The van der Waals surface area contributed by atoms with E-state index in [0.717, 1.165) is 38.0 Å². The molecular formula is C30H26ClOPS. The summed E-state index contributed by atoms with van der Waals surface area (Å²) in [4.78, 5) is 2.01. The first-order chi connectivity index (χ1) is 16.5. The Kier molecular flexibility index (Phi) is 7.95. The predicted octanol–water partition coefficient (Wildman–Crippen LogP) is 8.78. The van der Waals surface area contributed by atoms with Crippen LogP contribution in [0.4, 0.5) is 0 Å². The molecule has 0 radical (unpaired) electrons. The summed E-state index contributed by atoms with van der Waals surface area (Å²) in [6.45, 7) is 6.64. The van der Waals surface area contributed by atoms with E-state index in [0.29, 0.717) is 10.3 Å². The monoisotopic (exact) mass is 500 g/mol. The van der Waals surface area contributed by atoms with Crippen molar-refractivity contribution in [1.82, 2.24) is 0 Å². The van der Waals surface area contributed by atoms with Gasteiger partial charge in [-0.15, -0.1) is 0 Å². The summed E-state index contributed by atoms with van der Waals surface area (Å²) in [7, 11) is -3.20. The summed E-state index contributed by atoms with van der Waals surface area (Å²) in [5, 5.41) is 2.90. The van der Waals surface area contributed by atoms with Gasteiger partial charge in [-0.25, -0.2) is 0 Å². The number of thioether (sulfide) groups is 1. The van der Waals surface area contributed by atoms with Gasteiger partial charge in [0.1, 0.15) is 0 Å². The van der Waals surface area contributed by atoms with E-state index in [1.54, 1.807) is 11.8 Å². The van der Waals surface area contributed by atoms with Gasteiger partial charge in [0.15, 0.2) is 7.14 Å². The molecule has 4 aromatic rings. The number of hydrogen-bond donors (Lipinski definition) is 0. The lowest BCUT2D eigenvalue weighted by Crippen LogP contribution is -2.17. The van der Waals surface area contributed by atoms with Crippen molar-refractivity contribution >= 4 is 46.7 Å². The molecule has 0 fully saturated rings. The molecule has 0 aromatic heterocycles. The highest BCUT2D eigenvalue weighted by Gasteiger charge is 2.34. The number of hydrogen-bond acceptors (Lipinski definition) is 2. The molecule has 0 aliphatic rings. The molecule has 0 aliphatic heterocycles. The number of halogens is 1. The zero-order valence-electron chi connectivity index (χ0n) is 19.0. The van der Waals surface area contributed by atoms with Crippen LogP contribution in [-0.4, -0.2) is 0 Å². The lowest BCUT2D eigenvalue weighted by molar-refractivity contribution is 0.591. The molecular weight excluding hydrogens is 475 g/mol. The highest BCUT2D eigenvalue weighted by molar-refractivity contribution is 8.04. The van der Waals surface area contributed by atoms with Crippen LogP contribution in [-0.2, 0) is 4.57 Å². The standard InChI is InChI=1S/C30H26ClOPS/c1-3-29(24-19-21-25(31)22-20-24)30(34-28-17-11-6-12-18-28)23(2)33(32,26-13-7-4-8-14-26)27-15-9-5-10-16-27/h4-22H,2-3H2,1H3/b30-29+. The Morgan fingerprint density at radius 3 is 1.71 bits per heavy atom. The number of allylic oxidation sites excluding steroid dienone is 2. The zero-order chi connectivity index (χ0) is 24.0. The maximum absolute atomic E-state index is 15.1. The summed E-state index contributed by atoms with van der Waals surface area (Å²) in [5.74, 6) is 0. The molecule has 0 saturated carbocycles. The molecule has 0 N–H and O–H groups in total. The molecule has 0 heterocycles. The van der Waals surface area contributed by atoms with Crippen LogP contribution in [0.15, 0.2) is 137 Å². The van der Waals surface area contributed by atoms with Gasteiger partial charge < -0.3 is 4.57 Å². The molecule has 4 heteroatoms. The van der Waals surface area contributed by atoms with Gasteiger partial charge in [0.25, 0.3) is 0 Å². The van der Waals surface area contributed by atoms with E-state index in [1.807, 2.05) is 103 Å². The fourth-order valence-corrected chi connectivity index (χ4v) is 8.13. The van der Waals surface area contributed by atoms with Gasteiger partial charge in [-0.2, -0.15) is 0 Å². The van der Waals surface area contributed by atoms with Gasteiger partial charge in [-0.3, -0.25) is 0 Å². The minimum Gasteiger partial charge on any atom is -0.309 e. The summed E-state index contributed by atoms with van der Waals surface area (Å²) in [6.07, 6.45) is 0.763. The molecule has 0 amide bonds. The highest BCUT2D eigenvalue weighted by Crippen LogP contribution is 2.58. The SMILES string of the molecule is C=C(/C(Sc1ccccc1)=C(/CC)c1ccc(Cl)cc1)P(=O)(c1ccccc1)c1ccccc1. The van der Waals surface area contributed by atoms with E-state index >= 15 is 4.57 Å². The minimum absolute atomic E-state index is 0.644. The van der Waals surface area contributed by atoms with E-state index in [-0.39, 0.29) is 0 Å². The van der Waals surface area contributed by atoms with Crippen LogP contribution in [0, 0.1) is 0 Å². The molecule has 0 atom stereocenters. The maximum atomic E-state index is 15.1. The molecule has 170 valence electrons. The third kappa shape index (κ3) is 5.15. The van der Waals surface area contributed by atoms with Gasteiger partial charge in [-0.05, 0) is 41.8 Å². The van der Waals surface area contributed by atoms with Gasteiger partial charge in [-0.1, -0.05) is 128 Å². The van der Waals surface area contributed by atoms with Gasteiger partial charge in [0.2, 0.25) is 0 Å². The lowest BCUT2D eigenvalue weighted by atomic mass is 10.0. The van der Waals surface area contributed by atoms with E-state index in [9.17, 15) is 0 Å². The van der Waals surface area contributed by atoms with E-state index in [1.165, 1.54) is 0 Å². The molecule has 0 bridgehead atoms. The van der Waals surface area contributed by atoms with Crippen LogP contribution in [0.1, 0.15) is 18.9 Å². The van der Waals surface area contributed by atoms with Crippen molar-refractivity contribution in [3.63, 3.8) is 0 Å². The van der Waals surface area contributed by atoms with Gasteiger partial charge in [0.05, 0.1) is 0 Å². The molecule has 0 aliphatic carbocycles. The second kappa shape index (κ2) is 11.1. The topological polar surface area (TPSA) is 17.1 Å². The first-order valence-corrected chi connectivity index (χ1v) is 14.1. The maximum Gasteiger partial charge on any atom is 0.171 e. The van der Waals surface area contributed by atoms with Crippen molar-refractivity contribution in [3.8, 4) is 0 Å². The van der Waals surface area contributed by atoms with Crippen LogP contribution in [0.2, 0.25) is 5.02 Å². The highest BCUT2D eigenvalue weighted by atomic mass is 35.5. The average Bonchev–Trinajstić information content (AvgIpc) is 2.90. The molecule has 4 aromatic carbocycles. The second-order valence-corrected chi connectivity index (χ2v) is 12.1. The van der Waals surface area contributed by atoms with Crippen LogP contribution in [0.25, 0.3) is 5.57 Å². The predicted molar refractivity (Wildman–Crippen MR) is 150 cm³/mol. The Balaban J connectivity index is 1.96. The van der Waals surface area contributed by atoms with Gasteiger partial charge >= 0.3 is 0 Å². The number of benzene rings is 4. The molecule has 1 nitrogen and oxygen atoms in total. The van der Waals surface area contributed by atoms with Crippen molar-refractivity contribution in [2.45, 2.75) is 18.2 Å². The zero-order valence-corrected chi connectivity index (χ0v) is 21.5. The van der Waals surface area contributed by atoms with E-state index in [4.69, 9.17) is 11.6 Å². The Bertz CT molecular complexity index is 1290. The summed E-state index contributed by atoms with van der Waals surface area (Å²) in [6, 6.07) is 37.4. The minimum atomic E-state index is -3.20. The average molecular weight is 501 g/mol. The summed E-state index contributed by atoms with van der Waals surface area (Å²) >= 11 is 7.80. The van der Waals surface area contributed by atoms with Crippen LogP contribution >= 0.6 is 30.5 Å². The third-order valence-electron chi connectivity index (χ3n) is 5.67. The first-order valence-electron chi connectivity index (χ1n) is 11.2. The van der Waals surface area contributed by atoms with E-state index in [2.05, 4.69) is 25.6 Å². The van der Waals surface area contributed by atoms with Crippen molar-refractivity contribution < 1.29 is 4.57 Å². The first kappa shape index (κ1) is 24.4. The Hall–Kier alpha value is -2.77. The normalized spacial score (nSPS) is 12.2. The van der Waals surface area contributed by atoms with Crippen LogP contribution in [0.3, 0.4) is 0 Å². The van der Waals surface area contributed by atoms with E-state index < -0.39 is 7.14 Å². The van der Waals surface area contributed by atoms with Crippen molar-refractivity contribution in [1.29, 1.82) is 0 Å².